The van der Waals surface area contributed by atoms with Crippen LogP contribution in [0, 0.1) is 12.8 Å². The molecule has 236 valence electrons. The molecule has 45 heavy (non-hydrogen) atoms. The summed E-state index contributed by atoms with van der Waals surface area (Å²) in [7, 11) is 0. The zero-order valence-electron chi connectivity index (χ0n) is 25.9. The minimum atomic E-state index is -0.708. The summed E-state index contributed by atoms with van der Waals surface area (Å²) in [4.78, 5) is 55.4. The summed E-state index contributed by atoms with van der Waals surface area (Å²) in [6, 6.07) is 12.3. The lowest BCUT2D eigenvalue weighted by Gasteiger charge is -2.28. The molecule has 4 heterocycles. The van der Waals surface area contributed by atoms with Crippen LogP contribution in [0.5, 0.6) is 0 Å². The predicted octanol–water partition coefficient (Wildman–Crippen LogP) is 2.56. The summed E-state index contributed by atoms with van der Waals surface area (Å²) >= 11 is 0. The smallest absolute Gasteiger partial charge is 0.243 e. The highest BCUT2D eigenvalue weighted by Crippen LogP contribution is 2.20. The largest absolute Gasteiger partial charge is 0.344 e. The zero-order valence-corrected chi connectivity index (χ0v) is 25.9. The molecular formula is C32H40N10O3. The van der Waals surface area contributed by atoms with Gasteiger partial charge in [-0.1, -0.05) is 50.6 Å². The van der Waals surface area contributed by atoms with Crippen molar-refractivity contribution >= 4 is 17.7 Å². The van der Waals surface area contributed by atoms with Gasteiger partial charge < -0.3 is 15.5 Å². The number of amides is 3. The van der Waals surface area contributed by atoms with Crippen molar-refractivity contribution in [3.8, 4) is 11.4 Å². The van der Waals surface area contributed by atoms with Gasteiger partial charge in [-0.2, -0.15) is 10.2 Å². The van der Waals surface area contributed by atoms with E-state index < -0.39 is 12.1 Å². The molecule has 0 saturated carbocycles. The first-order valence-electron chi connectivity index (χ1n) is 15.4. The summed E-state index contributed by atoms with van der Waals surface area (Å²) < 4.78 is 1.78. The van der Waals surface area contributed by atoms with Crippen molar-refractivity contribution in [3.63, 3.8) is 0 Å². The normalized spacial score (nSPS) is 18.8. The molecule has 1 aliphatic rings. The molecular weight excluding hydrogens is 572 g/mol. The number of carbonyl (C=O) groups excluding carboxylic acids is 3. The van der Waals surface area contributed by atoms with Crippen LogP contribution >= 0.6 is 0 Å². The van der Waals surface area contributed by atoms with Crippen molar-refractivity contribution in [3.05, 3.63) is 77.9 Å². The average molecular weight is 613 g/mol. The van der Waals surface area contributed by atoms with Crippen molar-refractivity contribution in [2.45, 2.75) is 71.5 Å². The van der Waals surface area contributed by atoms with Crippen molar-refractivity contribution in [1.82, 2.24) is 50.5 Å². The second-order valence-electron chi connectivity index (χ2n) is 11.4. The van der Waals surface area contributed by atoms with E-state index in [0.717, 1.165) is 11.1 Å². The van der Waals surface area contributed by atoms with Gasteiger partial charge in [-0.3, -0.25) is 24.5 Å². The third-order valence-corrected chi connectivity index (χ3v) is 8.08. The second kappa shape index (κ2) is 14.7. The van der Waals surface area contributed by atoms with E-state index >= 15 is 0 Å². The number of nitrogens with zero attached hydrogens (tertiary/aromatic N) is 7. The standard InChI is InChI=1S/C32H40N10O3/c1-4-21(2)29-32(45)35-25(19-23-9-6-5-7-10-23)31-34-22(3)40-42(31)18-17-41(16-8-11-27(43)37-29)28(44)20-26-36-30(39-38-26)24-12-14-33-15-13-24/h5-7,9-10,12-15,21,25,29H,4,8,11,16-20H2,1-3H3,(H,35,45)(H,37,43)(H,36,38,39)/t21-,25-,29-/m0/s1. The SMILES string of the molecule is CC[C@H](C)[C@@H]1NC(=O)CCCN(C(=O)Cc2nc(-c3ccncc3)n[nH]2)CCn2nc(C)nc2[C@H](Cc2ccccc2)NC1=O. The van der Waals surface area contributed by atoms with Crippen LogP contribution < -0.4 is 10.6 Å². The molecule has 4 aromatic rings. The first-order chi connectivity index (χ1) is 21.8. The number of H-pyrrole nitrogens is 1. The Morgan fingerprint density at radius 2 is 1.80 bits per heavy atom. The number of rotatable bonds is 7. The summed E-state index contributed by atoms with van der Waals surface area (Å²) in [6.45, 7) is 6.82. The number of hydrogen-bond acceptors (Lipinski definition) is 8. The van der Waals surface area contributed by atoms with Gasteiger partial charge in [0.05, 0.1) is 19.0 Å². The summed E-state index contributed by atoms with van der Waals surface area (Å²) in [5.41, 5.74) is 1.82. The molecule has 13 nitrogen and oxygen atoms in total. The zero-order chi connectivity index (χ0) is 31.8. The van der Waals surface area contributed by atoms with Crippen LogP contribution in [0.25, 0.3) is 11.4 Å². The molecule has 0 fully saturated rings. The quantitative estimate of drug-likeness (QED) is 0.287. The van der Waals surface area contributed by atoms with E-state index in [4.69, 9.17) is 4.98 Å². The predicted molar refractivity (Wildman–Crippen MR) is 166 cm³/mol. The van der Waals surface area contributed by atoms with E-state index in [-0.39, 0.29) is 36.5 Å². The average Bonchev–Trinajstić information content (AvgIpc) is 3.67. The van der Waals surface area contributed by atoms with Gasteiger partial charge in [0.1, 0.15) is 23.5 Å². The molecule has 13 heteroatoms. The fraction of sp³-hybridized carbons (Fsp3) is 0.438. The Kier molecular flexibility index (Phi) is 10.3. The highest BCUT2D eigenvalue weighted by atomic mass is 16.2. The first kappa shape index (κ1) is 31.5. The summed E-state index contributed by atoms with van der Waals surface area (Å²) in [5, 5.41) is 17.9. The molecule has 3 amide bonds. The van der Waals surface area contributed by atoms with Crippen molar-refractivity contribution in [1.29, 1.82) is 0 Å². The molecule has 1 aromatic carbocycles. The van der Waals surface area contributed by atoms with Gasteiger partial charge in [-0.15, -0.1) is 0 Å². The third kappa shape index (κ3) is 8.16. The maximum Gasteiger partial charge on any atom is 0.243 e. The molecule has 0 aliphatic carbocycles. The van der Waals surface area contributed by atoms with Crippen molar-refractivity contribution in [2.75, 3.05) is 13.1 Å². The lowest BCUT2D eigenvalue weighted by atomic mass is 9.97. The van der Waals surface area contributed by atoms with Gasteiger partial charge in [0.2, 0.25) is 17.7 Å². The summed E-state index contributed by atoms with van der Waals surface area (Å²) in [5.74, 6) is 1.39. The minimum Gasteiger partial charge on any atom is -0.344 e. The Balaban J connectivity index is 1.41. The van der Waals surface area contributed by atoms with Crippen molar-refractivity contribution in [2.24, 2.45) is 5.92 Å². The van der Waals surface area contributed by atoms with E-state index in [1.54, 1.807) is 34.1 Å². The van der Waals surface area contributed by atoms with Gasteiger partial charge in [-0.25, -0.2) is 14.6 Å². The number of pyridine rings is 1. The van der Waals surface area contributed by atoms with Crippen LogP contribution in [0.4, 0.5) is 0 Å². The molecule has 3 N–H and O–H groups in total. The van der Waals surface area contributed by atoms with Gasteiger partial charge >= 0.3 is 0 Å². The number of carbonyl (C=O) groups is 3. The van der Waals surface area contributed by atoms with Crippen molar-refractivity contribution < 1.29 is 14.4 Å². The van der Waals surface area contributed by atoms with Crippen LogP contribution in [0.3, 0.4) is 0 Å². The molecule has 1 aliphatic heterocycles. The van der Waals surface area contributed by atoms with Crippen LogP contribution in [-0.4, -0.2) is 76.7 Å². The molecule has 0 spiro atoms. The lowest BCUT2D eigenvalue weighted by molar-refractivity contribution is -0.132. The van der Waals surface area contributed by atoms with E-state index in [2.05, 4.69) is 35.9 Å². The maximum absolute atomic E-state index is 13.7. The van der Waals surface area contributed by atoms with Crippen LogP contribution in [0.1, 0.15) is 62.2 Å². The Labute approximate surface area is 262 Å². The number of hydrogen-bond donors (Lipinski definition) is 3. The van der Waals surface area contributed by atoms with Crippen LogP contribution in [0.15, 0.2) is 54.9 Å². The van der Waals surface area contributed by atoms with Gasteiger partial charge in [0.15, 0.2) is 5.82 Å². The van der Waals surface area contributed by atoms with E-state index in [1.165, 1.54) is 0 Å². The highest BCUT2D eigenvalue weighted by molar-refractivity contribution is 5.88. The van der Waals surface area contributed by atoms with E-state index in [0.29, 0.717) is 62.2 Å². The van der Waals surface area contributed by atoms with E-state index in [1.807, 2.05) is 51.1 Å². The monoisotopic (exact) mass is 612 g/mol. The molecule has 3 aromatic heterocycles. The Morgan fingerprint density at radius 1 is 1.02 bits per heavy atom. The van der Waals surface area contributed by atoms with Crippen LogP contribution in [-0.2, 0) is 33.8 Å². The fourth-order valence-electron chi connectivity index (χ4n) is 5.43. The number of nitrogens with one attached hydrogen (secondary N) is 3. The molecule has 5 rings (SSSR count). The Bertz CT molecular complexity index is 1590. The molecule has 3 atom stereocenters. The number of benzene rings is 1. The van der Waals surface area contributed by atoms with Gasteiger partial charge in [0, 0.05) is 37.5 Å². The minimum absolute atomic E-state index is 0.0241. The molecule has 0 bridgehead atoms. The maximum atomic E-state index is 13.7. The first-order valence-corrected chi connectivity index (χ1v) is 15.4. The summed E-state index contributed by atoms with van der Waals surface area (Å²) in [6.07, 6.45) is 5.16. The number of fused-ring (bicyclic) bond motifs is 1. The number of aromatic amines is 1. The third-order valence-electron chi connectivity index (χ3n) is 8.08. The number of aryl methyl sites for hydroxylation is 1. The Hall–Kier alpha value is -4.94. The second-order valence-corrected chi connectivity index (χ2v) is 11.4. The molecule has 0 unspecified atom stereocenters. The highest BCUT2D eigenvalue weighted by Gasteiger charge is 2.31. The molecule has 0 saturated heterocycles. The van der Waals surface area contributed by atoms with Gasteiger partial charge in [-0.05, 0) is 43.4 Å². The van der Waals surface area contributed by atoms with Gasteiger partial charge in [0.25, 0.3) is 0 Å². The number of aromatic nitrogens is 7. The van der Waals surface area contributed by atoms with Crippen LogP contribution in [0.2, 0.25) is 0 Å². The van der Waals surface area contributed by atoms with E-state index in [9.17, 15) is 14.4 Å². The fourth-order valence-corrected chi connectivity index (χ4v) is 5.43. The topological polar surface area (TPSA) is 164 Å². The Morgan fingerprint density at radius 3 is 2.56 bits per heavy atom. The molecule has 0 radical (unpaired) electrons. The lowest BCUT2D eigenvalue weighted by Crippen LogP contribution is -2.51.